The number of hydrogen-bond donors (Lipinski definition) is 0. The van der Waals surface area contributed by atoms with Gasteiger partial charge in [-0.1, -0.05) is 107 Å². The molecule has 0 amide bonds. The van der Waals surface area contributed by atoms with Crippen LogP contribution in [0.2, 0.25) is 16.6 Å². The van der Waals surface area contributed by atoms with E-state index in [0.29, 0.717) is 23.0 Å². The molecule has 0 radical (unpaired) electrons. The van der Waals surface area contributed by atoms with Gasteiger partial charge in [0.2, 0.25) is 8.32 Å². The number of rotatable bonds is 9. The van der Waals surface area contributed by atoms with Crippen molar-refractivity contribution < 1.29 is 4.43 Å². The van der Waals surface area contributed by atoms with Gasteiger partial charge in [-0.15, -0.1) is 0 Å². The normalized spacial score (nSPS) is 22.7. The fraction of sp³-hybridized carbons (Fsp3) is 0.636. The van der Waals surface area contributed by atoms with Crippen LogP contribution in [0.4, 0.5) is 0 Å². The van der Waals surface area contributed by atoms with Crippen molar-refractivity contribution in [2.45, 2.75) is 87.4 Å². The summed E-state index contributed by atoms with van der Waals surface area (Å²) in [5.74, 6) is 0. The van der Waals surface area contributed by atoms with Crippen molar-refractivity contribution in [1.29, 1.82) is 0 Å². The predicted molar refractivity (Wildman–Crippen MR) is 118 cm³/mol. The van der Waals surface area contributed by atoms with Crippen molar-refractivity contribution in [2.75, 3.05) is 0 Å². The van der Waals surface area contributed by atoms with Gasteiger partial charge in [-0.25, -0.2) is 0 Å². The first-order valence-corrected chi connectivity index (χ1v) is 12.8. The Balaban J connectivity index is 2.15. The van der Waals surface area contributed by atoms with E-state index >= 15 is 0 Å². The minimum atomic E-state index is -2.03. The molecule has 1 fully saturated rings. The molecule has 0 saturated heterocycles. The van der Waals surface area contributed by atoms with Crippen molar-refractivity contribution in [3.05, 3.63) is 48.0 Å². The highest BCUT2D eigenvalue weighted by Gasteiger charge is 2.69. The largest absolute Gasteiger partial charge is 0.404 e. The highest BCUT2D eigenvalue weighted by atomic mass is 35.5. The molecular weight excluding hydrogens is 379 g/mol. The molecule has 4 heteroatoms. The highest BCUT2D eigenvalue weighted by Crippen LogP contribution is 2.63. The quantitative estimate of drug-likeness (QED) is 0.229. The lowest BCUT2D eigenvalue weighted by Crippen LogP contribution is -2.51. The second-order valence-corrected chi connectivity index (χ2v) is 15.5. The van der Waals surface area contributed by atoms with Crippen molar-refractivity contribution in [1.82, 2.24) is 0 Å². The number of halogens is 2. The molecule has 1 saturated carbocycles. The van der Waals surface area contributed by atoms with Crippen LogP contribution in [0.1, 0.15) is 59.9 Å². The first-order chi connectivity index (χ1) is 12.1. The van der Waals surface area contributed by atoms with Crippen LogP contribution >= 0.6 is 23.2 Å². The lowest BCUT2D eigenvalue weighted by molar-refractivity contribution is 0.194. The van der Waals surface area contributed by atoms with Gasteiger partial charge in [0.05, 0.1) is 0 Å². The number of allylic oxidation sites excluding steroid dienone is 1. The summed E-state index contributed by atoms with van der Waals surface area (Å²) < 4.78 is 6.18. The van der Waals surface area contributed by atoms with Crippen LogP contribution in [0.15, 0.2) is 42.5 Å². The third-order valence-corrected chi connectivity index (χ3v) is 12.9. The molecule has 26 heavy (non-hydrogen) atoms. The Bertz CT molecular complexity index is 588. The zero-order valence-electron chi connectivity index (χ0n) is 17.1. The minimum Gasteiger partial charge on any atom is -0.404 e. The van der Waals surface area contributed by atoms with Gasteiger partial charge in [0.15, 0.2) is 4.33 Å². The molecule has 146 valence electrons. The van der Waals surface area contributed by atoms with Gasteiger partial charge in [0.25, 0.3) is 0 Å². The van der Waals surface area contributed by atoms with Crippen LogP contribution in [-0.4, -0.2) is 18.3 Å². The van der Waals surface area contributed by atoms with Crippen LogP contribution in [0, 0.1) is 0 Å². The maximum Gasteiger partial charge on any atom is 0.201 e. The molecule has 1 aliphatic rings. The Kier molecular flexibility index (Phi) is 7.10. The van der Waals surface area contributed by atoms with E-state index < -0.39 is 18.3 Å². The molecule has 1 aliphatic carbocycles. The van der Waals surface area contributed by atoms with Crippen LogP contribution < -0.4 is 0 Å². The monoisotopic (exact) mass is 412 g/mol. The summed E-state index contributed by atoms with van der Waals surface area (Å²) in [4.78, 5) is 0. The van der Waals surface area contributed by atoms with Gasteiger partial charge in [-0.05, 0) is 35.0 Å². The zero-order chi connectivity index (χ0) is 19.6. The molecule has 0 unspecified atom stereocenters. The van der Waals surface area contributed by atoms with E-state index in [-0.39, 0.29) is 0 Å². The number of aryl methyl sites for hydroxylation is 1. The molecule has 0 spiro atoms. The lowest BCUT2D eigenvalue weighted by atomic mass is 10.1. The van der Waals surface area contributed by atoms with Gasteiger partial charge < -0.3 is 4.43 Å². The van der Waals surface area contributed by atoms with Gasteiger partial charge in [0, 0.05) is 6.42 Å². The molecule has 0 bridgehead atoms. The summed E-state index contributed by atoms with van der Waals surface area (Å²) >= 11 is 13.2. The van der Waals surface area contributed by atoms with Gasteiger partial charge in [-0.2, -0.15) is 0 Å². The topological polar surface area (TPSA) is 9.23 Å². The van der Waals surface area contributed by atoms with Gasteiger partial charge in [-0.3, -0.25) is 0 Å². The number of benzene rings is 1. The Hall–Kier alpha value is -0.283. The standard InChI is InChI=1S/C22H34Cl2OSi/c1-17(2)26(18(3)4,19(5)6)25-21(16-22(21,23)24)15-11-10-14-20-12-8-7-9-13-20/h7-9,11-13,15,17-19H,10,14,16H2,1-6H3/b15-11+/t21-/m0/s1. The van der Waals surface area contributed by atoms with Crippen molar-refractivity contribution in [3.63, 3.8) is 0 Å². The third-order valence-electron chi connectivity index (χ3n) is 5.87. The number of alkyl halides is 2. The van der Waals surface area contributed by atoms with E-state index in [9.17, 15) is 0 Å². The van der Waals surface area contributed by atoms with Crippen molar-refractivity contribution in [2.24, 2.45) is 0 Å². The molecule has 0 aromatic heterocycles. The Morgan fingerprint density at radius 2 is 1.50 bits per heavy atom. The summed E-state index contributed by atoms with van der Waals surface area (Å²) in [5, 5.41) is 0. The first kappa shape index (κ1) is 22.0. The molecule has 0 heterocycles. The fourth-order valence-electron chi connectivity index (χ4n) is 4.45. The summed E-state index contributed by atoms with van der Waals surface area (Å²) in [6, 6.07) is 10.6. The van der Waals surface area contributed by atoms with E-state index in [1.54, 1.807) is 0 Å². The molecular formula is C22H34Cl2OSi. The van der Waals surface area contributed by atoms with E-state index in [1.807, 2.05) is 0 Å². The third kappa shape index (κ3) is 4.40. The summed E-state index contributed by atoms with van der Waals surface area (Å²) in [6.07, 6.45) is 7.04. The molecule has 2 rings (SSSR count). The first-order valence-electron chi connectivity index (χ1n) is 9.87. The van der Waals surface area contributed by atoms with E-state index in [0.717, 1.165) is 12.8 Å². The highest BCUT2D eigenvalue weighted by molar-refractivity contribution is 6.78. The summed E-state index contributed by atoms with van der Waals surface area (Å²) in [6.45, 7) is 13.8. The summed E-state index contributed by atoms with van der Waals surface area (Å²) in [5.41, 5.74) is 2.38. The lowest BCUT2D eigenvalue weighted by Gasteiger charge is -2.44. The van der Waals surface area contributed by atoms with Crippen LogP contribution in [0.25, 0.3) is 0 Å². The maximum atomic E-state index is 6.98. The molecule has 0 N–H and O–H groups in total. The van der Waals surface area contributed by atoms with E-state index in [4.69, 9.17) is 27.6 Å². The number of hydrogen-bond acceptors (Lipinski definition) is 1. The molecule has 1 nitrogen and oxygen atoms in total. The van der Waals surface area contributed by atoms with Crippen molar-refractivity contribution in [3.8, 4) is 0 Å². The minimum absolute atomic E-state index is 0.516. The SMILES string of the molecule is CC(C)[Si](O[C@@]1(/C=C/CCc2ccccc2)CC1(Cl)Cl)(C(C)C)C(C)C. The van der Waals surface area contributed by atoms with Gasteiger partial charge in [0.1, 0.15) is 5.60 Å². The Labute approximate surface area is 171 Å². The predicted octanol–water partition coefficient (Wildman–Crippen LogP) is 7.68. The maximum absolute atomic E-state index is 6.98. The molecule has 1 atom stereocenters. The second kappa shape index (κ2) is 8.39. The Morgan fingerprint density at radius 3 is 1.92 bits per heavy atom. The molecule has 0 aliphatic heterocycles. The average Bonchev–Trinajstić information content (AvgIpc) is 3.10. The van der Waals surface area contributed by atoms with E-state index in [2.05, 4.69) is 84.0 Å². The van der Waals surface area contributed by atoms with Crippen molar-refractivity contribution >= 4 is 31.5 Å². The van der Waals surface area contributed by atoms with Crippen LogP contribution in [0.5, 0.6) is 0 Å². The second-order valence-electron chi connectivity index (χ2n) is 8.62. The van der Waals surface area contributed by atoms with Gasteiger partial charge >= 0.3 is 0 Å². The summed E-state index contributed by atoms with van der Waals surface area (Å²) in [7, 11) is -2.03. The Morgan fingerprint density at radius 1 is 1.00 bits per heavy atom. The molecule has 1 aromatic carbocycles. The smallest absolute Gasteiger partial charge is 0.201 e. The molecule has 1 aromatic rings. The van der Waals surface area contributed by atoms with Crippen LogP contribution in [-0.2, 0) is 10.8 Å². The zero-order valence-corrected chi connectivity index (χ0v) is 19.6. The fourth-order valence-corrected chi connectivity index (χ4v) is 10.8. The van der Waals surface area contributed by atoms with Crippen LogP contribution in [0.3, 0.4) is 0 Å². The van der Waals surface area contributed by atoms with E-state index in [1.165, 1.54) is 5.56 Å². The average molecular weight is 414 g/mol.